The molecule has 0 spiro atoms. The van der Waals surface area contributed by atoms with E-state index in [-0.39, 0.29) is 22.5 Å². The van der Waals surface area contributed by atoms with Crippen LogP contribution >= 0.6 is 0 Å². The molecule has 0 aromatic carbocycles. The molecule has 0 bridgehead atoms. The lowest BCUT2D eigenvalue weighted by Gasteiger charge is -2.44. The van der Waals surface area contributed by atoms with Gasteiger partial charge in [-0.1, -0.05) is 33.8 Å². The first kappa shape index (κ1) is 17.9. The summed E-state index contributed by atoms with van der Waals surface area (Å²) >= 11 is 0. The molecule has 22 heavy (non-hydrogen) atoms. The average molecular weight is 323 g/mol. The summed E-state index contributed by atoms with van der Waals surface area (Å²) in [5, 5.41) is 0.192. The van der Waals surface area contributed by atoms with Gasteiger partial charge in [-0.25, -0.2) is 0 Å². The Morgan fingerprint density at radius 3 is 2.59 bits per heavy atom. The number of ketones is 1. The minimum Gasteiger partial charge on any atom is -0.413 e. The topological polar surface area (TPSA) is 26.3 Å². The van der Waals surface area contributed by atoms with Gasteiger partial charge in [-0.3, -0.25) is 4.79 Å². The van der Waals surface area contributed by atoms with Crippen molar-refractivity contribution < 1.29 is 9.22 Å². The lowest BCUT2D eigenvalue weighted by atomic mass is 9.62. The predicted molar refractivity (Wildman–Crippen MR) is 95.4 cm³/mol. The molecule has 0 radical (unpaired) electrons. The zero-order valence-electron chi connectivity index (χ0n) is 15.4. The molecule has 0 aromatic heterocycles. The summed E-state index contributed by atoms with van der Waals surface area (Å²) in [6, 6.07) is 0. The fourth-order valence-electron chi connectivity index (χ4n) is 4.44. The standard InChI is InChI=1S/C19H34O2Si/c1-8-11-19-12-9-10-15(20)17(19)16(13-14(19)2)21-22(6,7)18(3,4)5/h8,14,16-17H,1,9-13H2,2-7H3/t14-,16+,17-,19+/m0/s1. The molecule has 0 heterocycles. The van der Waals surface area contributed by atoms with Crippen molar-refractivity contribution >= 4 is 14.1 Å². The summed E-state index contributed by atoms with van der Waals surface area (Å²) in [6.07, 6.45) is 7.10. The van der Waals surface area contributed by atoms with E-state index in [9.17, 15) is 4.79 Å². The third-order valence-corrected chi connectivity index (χ3v) is 11.3. The Kier molecular flexibility index (Phi) is 4.81. The van der Waals surface area contributed by atoms with Gasteiger partial charge in [-0.05, 0) is 55.1 Å². The first-order chi connectivity index (χ1) is 10.0. The highest BCUT2D eigenvalue weighted by atomic mass is 28.4. The Labute approximate surface area is 137 Å². The van der Waals surface area contributed by atoms with Gasteiger partial charge in [0, 0.05) is 12.3 Å². The smallest absolute Gasteiger partial charge is 0.192 e. The van der Waals surface area contributed by atoms with Gasteiger partial charge in [0.25, 0.3) is 0 Å². The third-order valence-electron chi connectivity index (χ3n) is 6.75. The van der Waals surface area contributed by atoms with Crippen LogP contribution in [0.15, 0.2) is 12.7 Å². The van der Waals surface area contributed by atoms with Gasteiger partial charge >= 0.3 is 0 Å². The molecule has 0 saturated heterocycles. The molecule has 0 aliphatic heterocycles. The van der Waals surface area contributed by atoms with Crippen LogP contribution in [0.1, 0.15) is 59.8 Å². The number of Topliss-reactive ketones (excluding diaryl/α,β-unsaturated/α-hetero) is 1. The van der Waals surface area contributed by atoms with E-state index in [2.05, 4.69) is 47.4 Å². The van der Waals surface area contributed by atoms with Gasteiger partial charge in [0.15, 0.2) is 8.32 Å². The van der Waals surface area contributed by atoms with Crippen LogP contribution in [0.3, 0.4) is 0 Å². The summed E-state index contributed by atoms with van der Waals surface area (Å²) in [5.41, 5.74) is 0.115. The minimum absolute atomic E-state index is 0.100. The van der Waals surface area contributed by atoms with E-state index in [1.165, 1.54) is 0 Å². The highest BCUT2D eigenvalue weighted by Crippen LogP contribution is 2.58. The molecular weight excluding hydrogens is 288 g/mol. The molecule has 2 fully saturated rings. The van der Waals surface area contributed by atoms with Crippen molar-refractivity contribution in [2.45, 2.75) is 84.0 Å². The molecule has 2 aliphatic rings. The highest BCUT2D eigenvalue weighted by Gasteiger charge is 2.58. The Morgan fingerprint density at radius 1 is 1.41 bits per heavy atom. The van der Waals surface area contributed by atoms with Crippen molar-refractivity contribution in [1.82, 2.24) is 0 Å². The van der Waals surface area contributed by atoms with Gasteiger partial charge in [-0.15, -0.1) is 6.58 Å². The van der Waals surface area contributed by atoms with Crippen molar-refractivity contribution in [3.8, 4) is 0 Å². The maximum Gasteiger partial charge on any atom is 0.192 e. The van der Waals surface area contributed by atoms with E-state index >= 15 is 0 Å². The number of rotatable bonds is 4. The third kappa shape index (κ3) is 2.87. The zero-order chi connectivity index (χ0) is 16.8. The number of carbonyl (C=O) groups excluding carboxylic acids is 1. The molecule has 2 rings (SSSR count). The highest BCUT2D eigenvalue weighted by molar-refractivity contribution is 6.74. The Hall–Kier alpha value is -0.413. The number of allylic oxidation sites excluding steroid dienone is 1. The Balaban J connectivity index is 2.31. The van der Waals surface area contributed by atoms with Crippen molar-refractivity contribution in [1.29, 1.82) is 0 Å². The summed E-state index contributed by atoms with van der Waals surface area (Å²) in [5.74, 6) is 1.10. The molecular formula is C19H34O2Si. The number of hydrogen-bond acceptors (Lipinski definition) is 2. The fourth-order valence-corrected chi connectivity index (χ4v) is 5.79. The number of hydrogen-bond donors (Lipinski definition) is 0. The van der Waals surface area contributed by atoms with Crippen LogP contribution in [-0.4, -0.2) is 20.2 Å². The molecule has 126 valence electrons. The second-order valence-electron chi connectivity index (χ2n) is 9.08. The molecule has 0 N–H and O–H groups in total. The van der Waals surface area contributed by atoms with Gasteiger partial charge in [0.2, 0.25) is 0 Å². The molecule has 2 nitrogen and oxygen atoms in total. The summed E-state index contributed by atoms with van der Waals surface area (Å²) in [7, 11) is -1.84. The van der Waals surface area contributed by atoms with E-state index in [1.54, 1.807) is 0 Å². The van der Waals surface area contributed by atoms with Crippen LogP contribution < -0.4 is 0 Å². The summed E-state index contributed by atoms with van der Waals surface area (Å²) in [6.45, 7) is 17.7. The molecule has 2 saturated carbocycles. The number of fused-ring (bicyclic) bond motifs is 1. The van der Waals surface area contributed by atoms with Crippen LogP contribution in [0, 0.1) is 17.3 Å². The van der Waals surface area contributed by atoms with E-state index in [0.29, 0.717) is 11.7 Å². The summed E-state index contributed by atoms with van der Waals surface area (Å²) < 4.78 is 6.73. The van der Waals surface area contributed by atoms with E-state index in [1.807, 2.05) is 6.08 Å². The molecule has 3 heteroatoms. The fraction of sp³-hybridized carbons (Fsp3) is 0.842. The monoisotopic (exact) mass is 322 g/mol. The lowest BCUT2D eigenvalue weighted by Crippen LogP contribution is -2.49. The largest absolute Gasteiger partial charge is 0.413 e. The molecule has 0 aromatic rings. The second kappa shape index (κ2) is 5.90. The second-order valence-corrected chi connectivity index (χ2v) is 13.8. The minimum atomic E-state index is -1.84. The summed E-state index contributed by atoms with van der Waals surface area (Å²) in [4.78, 5) is 12.7. The van der Waals surface area contributed by atoms with Crippen molar-refractivity contribution in [2.24, 2.45) is 17.3 Å². The maximum absolute atomic E-state index is 12.7. The van der Waals surface area contributed by atoms with Gasteiger partial charge in [0.1, 0.15) is 5.78 Å². The quantitative estimate of drug-likeness (QED) is 0.515. The van der Waals surface area contributed by atoms with Crippen LogP contribution in [0.4, 0.5) is 0 Å². The van der Waals surface area contributed by atoms with E-state index < -0.39 is 8.32 Å². The maximum atomic E-state index is 12.7. The number of carbonyl (C=O) groups is 1. The normalized spacial score (nSPS) is 36.3. The predicted octanol–water partition coefficient (Wildman–Crippen LogP) is 5.35. The van der Waals surface area contributed by atoms with Crippen LogP contribution in [0.25, 0.3) is 0 Å². The van der Waals surface area contributed by atoms with E-state index in [0.717, 1.165) is 32.1 Å². The molecule has 0 amide bonds. The molecule has 2 aliphatic carbocycles. The molecule has 0 unspecified atom stereocenters. The SMILES string of the molecule is C=CC[C@]12CCCC(=O)[C@H]1[C@H](O[Si](C)(C)C(C)(C)C)C[C@@H]2C. The van der Waals surface area contributed by atoms with Gasteiger partial charge in [0.05, 0.1) is 6.10 Å². The first-order valence-electron chi connectivity index (χ1n) is 8.86. The van der Waals surface area contributed by atoms with Crippen molar-refractivity contribution in [2.75, 3.05) is 0 Å². The zero-order valence-corrected chi connectivity index (χ0v) is 16.4. The lowest BCUT2D eigenvalue weighted by molar-refractivity contribution is -0.133. The van der Waals surface area contributed by atoms with E-state index in [4.69, 9.17) is 4.43 Å². The Bertz CT molecular complexity index is 449. The van der Waals surface area contributed by atoms with Crippen molar-refractivity contribution in [3.05, 3.63) is 12.7 Å². The Morgan fingerprint density at radius 2 is 2.05 bits per heavy atom. The van der Waals surface area contributed by atoms with Gasteiger partial charge < -0.3 is 4.43 Å². The first-order valence-corrected chi connectivity index (χ1v) is 11.8. The van der Waals surface area contributed by atoms with Crippen LogP contribution in [0.2, 0.25) is 18.1 Å². The van der Waals surface area contributed by atoms with Crippen LogP contribution in [-0.2, 0) is 9.22 Å². The molecule has 4 atom stereocenters. The van der Waals surface area contributed by atoms with Crippen molar-refractivity contribution in [3.63, 3.8) is 0 Å². The average Bonchev–Trinajstić information content (AvgIpc) is 2.62. The van der Waals surface area contributed by atoms with Crippen LogP contribution in [0.5, 0.6) is 0 Å². The van der Waals surface area contributed by atoms with Gasteiger partial charge in [-0.2, -0.15) is 0 Å².